The molecule has 5 heteroatoms. The normalized spacial score (nSPS) is 22.1. The van der Waals surface area contributed by atoms with Crippen LogP contribution in [0.2, 0.25) is 0 Å². The number of nitrogens with one attached hydrogen (secondary N) is 1. The first-order valence-electron chi connectivity index (χ1n) is 6.78. The summed E-state index contributed by atoms with van der Waals surface area (Å²) in [6.45, 7) is 4.96. The lowest BCUT2D eigenvalue weighted by atomic mass is 10.0. The Morgan fingerprint density at radius 2 is 2.20 bits per heavy atom. The van der Waals surface area contributed by atoms with Crippen molar-refractivity contribution in [3.05, 3.63) is 28.2 Å². The van der Waals surface area contributed by atoms with Gasteiger partial charge in [0.15, 0.2) is 0 Å². The lowest BCUT2D eigenvalue weighted by Gasteiger charge is -2.15. The topological polar surface area (TPSA) is 47.6 Å². The summed E-state index contributed by atoms with van der Waals surface area (Å²) >= 11 is 3.54. The van der Waals surface area contributed by atoms with Gasteiger partial charge in [-0.15, -0.1) is 0 Å². The molecule has 0 spiro atoms. The van der Waals surface area contributed by atoms with Crippen LogP contribution in [0.1, 0.15) is 31.7 Å². The third-order valence-electron chi connectivity index (χ3n) is 3.49. The van der Waals surface area contributed by atoms with Crippen molar-refractivity contribution in [2.45, 2.75) is 38.3 Å². The van der Waals surface area contributed by atoms with Gasteiger partial charge < -0.3 is 14.8 Å². The second kappa shape index (κ2) is 6.59. The van der Waals surface area contributed by atoms with Crippen molar-refractivity contribution in [3.63, 3.8) is 0 Å². The largest absolute Gasteiger partial charge is 0.488 e. The van der Waals surface area contributed by atoms with Gasteiger partial charge in [0.25, 0.3) is 0 Å². The molecule has 2 rings (SSSR count). The van der Waals surface area contributed by atoms with Crippen molar-refractivity contribution in [3.8, 4) is 5.75 Å². The van der Waals surface area contributed by atoms with Gasteiger partial charge in [0.2, 0.25) is 0 Å². The van der Waals surface area contributed by atoms with Gasteiger partial charge in [-0.3, -0.25) is 4.79 Å². The van der Waals surface area contributed by atoms with Crippen molar-refractivity contribution in [2.24, 2.45) is 0 Å². The minimum Gasteiger partial charge on any atom is -0.488 e. The average molecular weight is 342 g/mol. The monoisotopic (exact) mass is 341 g/mol. The smallest absolute Gasteiger partial charge is 0.323 e. The van der Waals surface area contributed by atoms with Crippen molar-refractivity contribution in [1.29, 1.82) is 0 Å². The minimum absolute atomic E-state index is 0.0136. The molecule has 0 amide bonds. The van der Waals surface area contributed by atoms with Crippen LogP contribution >= 0.6 is 15.9 Å². The van der Waals surface area contributed by atoms with E-state index in [1.165, 1.54) is 12.7 Å². The van der Waals surface area contributed by atoms with E-state index in [-0.39, 0.29) is 18.1 Å². The third-order valence-corrected chi connectivity index (χ3v) is 4.11. The molecule has 1 aliphatic rings. The van der Waals surface area contributed by atoms with E-state index in [0.29, 0.717) is 18.9 Å². The van der Waals surface area contributed by atoms with Crippen molar-refractivity contribution in [1.82, 2.24) is 5.32 Å². The van der Waals surface area contributed by atoms with E-state index in [1.807, 2.05) is 6.07 Å². The van der Waals surface area contributed by atoms with Crippen LogP contribution in [0.4, 0.5) is 0 Å². The second-order valence-electron chi connectivity index (χ2n) is 5.30. The maximum absolute atomic E-state index is 11.4. The standard InChI is InChI=1S/C15H20BrNO3/c1-9(2)10-4-5-14(12(16)6-10)20-11-7-13(17-8-11)15(18)19-3/h4-6,9,11,13,17H,7-8H2,1-3H3/t11-,13-/m0/s1. The minimum atomic E-state index is -0.265. The SMILES string of the molecule is COC(=O)[C@@H]1C[C@H](Oc2ccc(C(C)C)cc2Br)CN1. The number of hydrogen-bond acceptors (Lipinski definition) is 4. The van der Waals surface area contributed by atoms with Crippen LogP contribution in [0, 0.1) is 0 Å². The molecule has 1 N–H and O–H groups in total. The van der Waals surface area contributed by atoms with Crippen molar-refractivity contribution < 1.29 is 14.3 Å². The van der Waals surface area contributed by atoms with Crippen LogP contribution in [0.5, 0.6) is 5.75 Å². The zero-order valence-electron chi connectivity index (χ0n) is 12.0. The van der Waals surface area contributed by atoms with Crippen LogP contribution in [-0.2, 0) is 9.53 Å². The highest BCUT2D eigenvalue weighted by Gasteiger charge is 2.31. The van der Waals surface area contributed by atoms with Crippen LogP contribution in [-0.4, -0.2) is 31.8 Å². The molecule has 0 bridgehead atoms. The first kappa shape index (κ1) is 15.3. The van der Waals surface area contributed by atoms with E-state index in [9.17, 15) is 4.79 Å². The summed E-state index contributed by atoms with van der Waals surface area (Å²) < 4.78 is 11.6. The third kappa shape index (κ3) is 3.52. The van der Waals surface area contributed by atoms with E-state index < -0.39 is 0 Å². The zero-order valence-corrected chi connectivity index (χ0v) is 13.6. The molecule has 1 saturated heterocycles. The molecule has 1 fully saturated rings. The molecule has 0 unspecified atom stereocenters. The second-order valence-corrected chi connectivity index (χ2v) is 6.16. The maximum Gasteiger partial charge on any atom is 0.323 e. The molecule has 110 valence electrons. The van der Waals surface area contributed by atoms with E-state index >= 15 is 0 Å². The van der Waals surface area contributed by atoms with E-state index in [0.717, 1.165) is 10.2 Å². The van der Waals surface area contributed by atoms with Gasteiger partial charge in [0.05, 0.1) is 11.6 Å². The molecule has 0 aromatic heterocycles. The van der Waals surface area contributed by atoms with Crippen LogP contribution in [0.15, 0.2) is 22.7 Å². The molecule has 2 atom stereocenters. The summed E-state index contributed by atoms with van der Waals surface area (Å²) in [6.07, 6.45) is 0.616. The molecule has 1 aliphatic heterocycles. The summed E-state index contributed by atoms with van der Waals surface area (Å²) in [7, 11) is 1.40. The van der Waals surface area contributed by atoms with Gasteiger partial charge in [0.1, 0.15) is 17.9 Å². The molecule has 1 aromatic carbocycles. The fourth-order valence-electron chi connectivity index (χ4n) is 2.27. The van der Waals surface area contributed by atoms with E-state index in [1.54, 1.807) is 0 Å². The number of carbonyl (C=O) groups is 1. The molecule has 0 aliphatic carbocycles. The Morgan fingerprint density at radius 1 is 1.45 bits per heavy atom. The Labute approximate surface area is 128 Å². The number of halogens is 1. The molecule has 1 aromatic rings. The van der Waals surface area contributed by atoms with E-state index in [4.69, 9.17) is 9.47 Å². The summed E-state index contributed by atoms with van der Waals surface area (Å²) in [6, 6.07) is 5.87. The fraction of sp³-hybridized carbons (Fsp3) is 0.533. The summed E-state index contributed by atoms with van der Waals surface area (Å²) in [5.41, 5.74) is 1.27. The molecule has 1 heterocycles. The Morgan fingerprint density at radius 3 is 2.80 bits per heavy atom. The summed E-state index contributed by atoms with van der Waals surface area (Å²) in [5.74, 6) is 1.06. The highest BCUT2D eigenvalue weighted by Crippen LogP contribution is 2.30. The molecular formula is C15H20BrNO3. The number of rotatable bonds is 4. The quantitative estimate of drug-likeness (QED) is 0.855. The predicted molar refractivity (Wildman–Crippen MR) is 81.1 cm³/mol. The fourth-order valence-corrected chi connectivity index (χ4v) is 2.76. The molecule has 0 saturated carbocycles. The van der Waals surface area contributed by atoms with Gasteiger partial charge in [-0.05, 0) is 39.5 Å². The van der Waals surface area contributed by atoms with Crippen LogP contribution in [0.25, 0.3) is 0 Å². The molecule has 20 heavy (non-hydrogen) atoms. The lowest BCUT2D eigenvalue weighted by molar-refractivity contribution is -0.142. The van der Waals surface area contributed by atoms with Gasteiger partial charge in [0, 0.05) is 13.0 Å². The number of ether oxygens (including phenoxy) is 2. The van der Waals surface area contributed by atoms with Crippen LogP contribution < -0.4 is 10.1 Å². The summed E-state index contributed by atoms with van der Waals surface area (Å²) in [4.78, 5) is 11.4. The van der Waals surface area contributed by atoms with Crippen molar-refractivity contribution >= 4 is 21.9 Å². The Balaban J connectivity index is 1.99. The first-order chi connectivity index (χ1) is 9.51. The van der Waals surface area contributed by atoms with Gasteiger partial charge in [-0.2, -0.15) is 0 Å². The first-order valence-corrected chi connectivity index (χ1v) is 7.58. The number of carbonyl (C=O) groups excluding carboxylic acids is 1. The molecule has 4 nitrogen and oxygen atoms in total. The lowest BCUT2D eigenvalue weighted by Crippen LogP contribution is -2.31. The zero-order chi connectivity index (χ0) is 14.7. The van der Waals surface area contributed by atoms with Crippen LogP contribution in [0.3, 0.4) is 0 Å². The van der Waals surface area contributed by atoms with E-state index in [2.05, 4.69) is 47.2 Å². The maximum atomic E-state index is 11.4. The number of hydrogen-bond donors (Lipinski definition) is 1. The number of esters is 1. The predicted octanol–water partition coefficient (Wildman–Crippen LogP) is 2.85. The summed E-state index contributed by atoms with van der Waals surface area (Å²) in [5, 5.41) is 3.11. The number of benzene rings is 1. The van der Waals surface area contributed by atoms with Crippen molar-refractivity contribution in [2.75, 3.05) is 13.7 Å². The highest BCUT2D eigenvalue weighted by atomic mass is 79.9. The molecule has 0 radical (unpaired) electrons. The molecular weight excluding hydrogens is 322 g/mol. The van der Waals surface area contributed by atoms with Gasteiger partial charge in [-0.1, -0.05) is 19.9 Å². The Kier molecular flexibility index (Phi) is 5.05. The highest BCUT2D eigenvalue weighted by molar-refractivity contribution is 9.10. The number of methoxy groups -OCH3 is 1. The van der Waals surface area contributed by atoms with Gasteiger partial charge in [-0.25, -0.2) is 0 Å². The Hall–Kier alpha value is -1.07. The Bertz CT molecular complexity index is 490. The van der Waals surface area contributed by atoms with Gasteiger partial charge >= 0.3 is 5.97 Å². The average Bonchev–Trinajstić information content (AvgIpc) is 2.88.